The van der Waals surface area contributed by atoms with Crippen LogP contribution in [0.5, 0.6) is 11.8 Å². The summed E-state index contributed by atoms with van der Waals surface area (Å²) in [6.07, 6.45) is 4.25. The summed E-state index contributed by atoms with van der Waals surface area (Å²) in [6.45, 7) is 0. The van der Waals surface area contributed by atoms with Gasteiger partial charge in [-0.05, 0) is 17.2 Å². The number of ether oxygens (including phenoxy) is 2. The van der Waals surface area contributed by atoms with Crippen molar-refractivity contribution in [3.63, 3.8) is 0 Å². The Kier molecular flexibility index (Phi) is 5.15. The van der Waals surface area contributed by atoms with Crippen molar-refractivity contribution in [2.75, 3.05) is 19.5 Å². The predicted octanol–water partition coefficient (Wildman–Crippen LogP) is 4.99. The van der Waals surface area contributed by atoms with E-state index in [-0.39, 0.29) is 6.04 Å². The SMILES string of the molecule is COc1cc(NC([CH]c2c[nH]c3ccccc23)c2ccccc2)cc(OC)n1. The van der Waals surface area contributed by atoms with Crippen LogP contribution in [0.3, 0.4) is 0 Å². The number of aromatic amines is 1. The minimum Gasteiger partial charge on any atom is -0.481 e. The van der Waals surface area contributed by atoms with Crippen molar-refractivity contribution in [1.82, 2.24) is 9.97 Å². The summed E-state index contributed by atoms with van der Waals surface area (Å²) in [7, 11) is 3.19. The molecule has 0 amide bonds. The van der Waals surface area contributed by atoms with Gasteiger partial charge in [0.05, 0.1) is 20.3 Å². The maximum absolute atomic E-state index is 5.30. The van der Waals surface area contributed by atoms with E-state index in [0.717, 1.165) is 22.3 Å². The zero-order valence-electron chi connectivity index (χ0n) is 15.8. The Morgan fingerprint density at radius 3 is 2.32 bits per heavy atom. The van der Waals surface area contributed by atoms with E-state index in [1.165, 1.54) is 5.39 Å². The first-order valence-electron chi connectivity index (χ1n) is 9.09. The van der Waals surface area contributed by atoms with E-state index >= 15 is 0 Å². The number of rotatable bonds is 7. The predicted molar refractivity (Wildman–Crippen MR) is 112 cm³/mol. The van der Waals surface area contributed by atoms with Gasteiger partial charge >= 0.3 is 0 Å². The monoisotopic (exact) mass is 372 g/mol. The topological polar surface area (TPSA) is 59.2 Å². The van der Waals surface area contributed by atoms with Gasteiger partial charge in [0.15, 0.2) is 0 Å². The van der Waals surface area contributed by atoms with Gasteiger partial charge in [-0.1, -0.05) is 48.5 Å². The van der Waals surface area contributed by atoms with E-state index in [4.69, 9.17) is 9.47 Å². The maximum Gasteiger partial charge on any atom is 0.218 e. The van der Waals surface area contributed by atoms with Crippen LogP contribution in [0.1, 0.15) is 17.2 Å². The number of hydrogen-bond donors (Lipinski definition) is 2. The molecule has 141 valence electrons. The molecule has 1 unspecified atom stereocenters. The van der Waals surface area contributed by atoms with Gasteiger partial charge in [-0.15, -0.1) is 0 Å². The minimum absolute atomic E-state index is 0.0442. The molecule has 28 heavy (non-hydrogen) atoms. The smallest absolute Gasteiger partial charge is 0.218 e. The Hall–Kier alpha value is -3.47. The zero-order valence-corrected chi connectivity index (χ0v) is 15.8. The number of para-hydroxylation sites is 1. The van der Waals surface area contributed by atoms with Crippen molar-refractivity contribution in [2.24, 2.45) is 0 Å². The van der Waals surface area contributed by atoms with Crippen LogP contribution in [0.2, 0.25) is 0 Å². The van der Waals surface area contributed by atoms with Gasteiger partial charge in [0.1, 0.15) is 0 Å². The lowest BCUT2D eigenvalue weighted by atomic mass is 9.98. The first-order chi connectivity index (χ1) is 13.8. The largest absolute Gasteiger partial charge is 0.481 e. The van der Waals surface area contributed by atoms with Crippen LogP contribution in [0.4, 0.5) is 5.69 Å². The van der Waals surface area contributed by atoms with Crippen LogP contribution in [0, 0.1) is 6.42 Å². The molecule has 2 heterocycles. The molecule has 1 radical (unpaired) electrons. The van der Waals surface area contributed by atoms with Crippen LogP contribution in [0.15, 0.2) is 72.9 Å². The highest BCUT2D eigenvalue weighted by molar-refractivity contribution is 5.84. The maximum atomic E-state index is 5.30. The Morgan fingerprint density at radius 1 is 0.929 bits per heavy atom. The molecule has 0 aliphatic carbocycles. The number of nitrogens with one attached hydrogen (secondary N) is 2. The number of anilines is 1. The molecule has 2 aromatic heterocycles. The van der Waals surface area contributed by atoms with E-state index in [1.54, 1.807) is 14.2 Å². The van der Waals surface area contributed by atoms with Gasteiger partial charge in [-0.3, -0.25) is 0 Å². The number of aromatic nitrogens is 2. The summed E-state index contributed by atoms with van der Waals surface area (Å²) in [5.41, 5.74) is 4.29. The van der Waals surface area contributed by atoms with Gasteiger partial charge in [0.25, 0.3) is 0 Å². The molecule has 0 saturated carbocycles. The van der Waals surface area contributed by atoms with Crippen molar-refractivity contribution >= 4 is 16.6 Å². The summed E-state index contributed by atoms with van der Waals surface area (Å²) >= 11 is 0. The first-order valence-corrected chi connectivity index (χ1v) is 9.09. The van der Waals surface area contributed by atoms with E-state index < -0.39 is 0 Å². The van der Waals surface area contributed by atoms with Crippen LogP contribution in [0.25, 0.3) is 10.9 Å². The third-order valence-corrected chi connectivity index (χ3v) is 4.64. The molecule has 0 bridgehead atoms. The molecule has 2 N–H and O–H groups in total. The van der Waals surface area contributed by atoms with Crippen LogP contribution >= 0.6 is 0 Å². The summed E-state index contributed by atoms with van der Waals surface area (Å²) in [5.74, 6) is 1.00. The van der Waals surface area contributed by atoms with Crippen LogP contribution in [-0.4, -0.2) is 24.2 Å². The third-order valence-electron chi connectivity index (χ3n) is 4.64. The molecule has 2 aromatic carbocycles. The number of benzene rings is 2. The first kappa shape index (κ1) is 17.9. The van der Waals surface area contributed by atoms with E-state index in [9.17, 15) is 0 Å². The molecular formula is C23H22N3O2. The molecule has 5 nitrogen and oxygen atoms in total. The molecular weight excluding hydrogens is 350 g/mol. The van der Waals surface area contributed by atoms with Crippen molar-refractivity contribution in [1.29, 1.82) is 0 Å². The molecule has 0 fully saturated rings. The van der Waals surface area contributed by atoms with Gasteiger partial charge < -0.3 is 19.8 Å². The highest BCUT2D eigenvalue weighted by Crippen LogP contribution is 2.31. The Morgan fingerprint density at radius 2 is 1.61 bits per heavy atom. The van der Waals surface area contributed by atoms with E-state index in [0.29, 0.717) is 11.8 Å². The van der Waals surface area contributed by atoms with Gasteiger partial charge in [0.2, 0.25) is 11.8 Å². The molecule has 5 heteroatoms. The summed E-state index contributed by atoms with van der Waals surface area (Å²) in [5, 5.41) is 4.77. The van der Waals surface area contributed by atoms with Gasteiger partial charge in [-0.2, -0.15) is 4.98 Å². The number of methoxy groups -OCH3 is 2. The molecule has 0 saturated heterocycles. The second-order valence-corrected chi connectivity index (χ2v) is 6.43. The normalized spacial score (nSPS) is 11.9. The zero-order chi connectivity index (χ0) is 19.3. The molecule has 0 spiro atoms. The average Bonchev–Trinajstić information content (AvgIpc) is 3.16. The third kappa shape index (κ3) is 3.78. The van der Waals surface area contributed by atoms with Crippen molar-refractivity contribution < 1.29 is 9.47 Å². The molecule has 0 aliphatic rings. The van der Waals surface area contributed by atoms with Crippen molar-refractivity contribution in [3.8, 4) is 11.8 Å². The Balaban J connectivity index is 1.69. The second kappa shape index (κ2) is 8.05. The minimum atomic E-state index is -0.0442. The highest BCUT2D eigenvalue weighted by atomic mass is 16.5. The van der Waals surface area contributed by atoms with Gasteiger partial charge in [0, 0.05) is 41.3 Å². The van der Waals surface area contributed by atoms with Crippen LogP contribution in [-0.2, 0) is 0 Å². The average molecular weight is 372 g/mol. The highest BCUT2D eigenvalue weighted by Gasteiger charge is 2.16. The van der Waals surface area contributed by atoms with Crippen molar-refractivity contribution in [2.45, 2.75) is 6.04 Å². The van der Waals surface area contributed by atoms with Crippen LogP contribution < -0.4 is 14.8 Å². The number of H-pyrrole nitrogens is 1. The molecule has 0 aliphatic heterocycles. The van der Waals surface area contributed by atoms with E-state index in [1.807, 2.05) is 42.6 Å². The summed E-state index contributed by atoms with van der Waals surface area (Å²) in [4.78, 5) is 7.60. The lowest BCUT2D eigenvalue weighted by Crippen LogP contribution is -2.12. The number of hydrogen-bond acceptors (Lipinski definition) is 4. The number of fused-ring (bicyclic) bond motifs is 1. The lowest BCUT2D eigenvalue weighted by Gasteiger charge is -2.21. The summed E-state index contributed by atoms with van der Waals surface area (Å²) in [6, 6.07) is 22.3. The Labute approximate surface area is 164 Å². The Bertz CT molecular complexity index is 1040. The quantitative estimate of drug-likeness (QED) is 0.480. The molecule has 4 rings (SSSR count). The number of pyridine rings is 1. The molecule has 1 atom stereocenters. The van der Waals surface area contributed by atoms with Crippen molar-refractivity contribution in [3.05, 3.63) is 90.5 Å². The number of nitrogens with zero attached hydrogens (tertiary/aromatic N) is 1. The molecule has 4 aromatic rings. The lowest BCUT2D eigenvalue weighted by molar-refractivity contribution is 0.365. The fraction of sp³-hybridized carbons (Fsp3) is 0.130. The fourth-order valence-electron chi connectivity index (χ4n) is 3.25. The van der Waals surface area contributed by atoms with E-state index in [2.05, 4.69) is 52.0 Å². The summed E-state index contributed by atoms with van der Waals surface area (Å²) < 4.78 is 10.6. The van der Waals surface area contributed by atoms with Gasteiger partial charge in [-0.25, -0.2) is 0 Å². The second-order valence-electron chi connectivity index (χ2n) is 6.43. The fourth-order valence-corrected chi connectivity index (χ4v) is 3.25. The standard InChI is InChI=1S/C23H22N3O2/c1-27-22-13-18(14-23(26-22)28-2)25-21(16-8-4-3-5-9-16)12-17-15-24-20-11-7-6-10-19(17)20/h3-15,21,24H,1-2H3,(H,25,26).